The number of aryl methyl sites for hydroxylation is 2. The Labute approximate surface area is 128 Å². The molecular weight excluding hydrogens is 256 g/mol. The molecule has 1 heterocycles. The minimum atomic E-state index is 1.06. The van der Waals surface area contributed by atoms with E-state index in [0.29, 0.717) is 0 Å². The van der Waals surface area contributed by atoms with Gasteiger partial charge in [0, 0.05) is 19.8 Å². The van der Waals surface area contributed by atoms with Crippen LogP contribution in [0.5, 0.6) is 0 Å². The van der Waals surface area contributed by atoms with Gasteiger partial charge in [-0.05, 0) is 48.9 Å². The molecule has 0 aliphatic rings. The molecule has 0 amide bonds. The Kier molecular flexibility index (Phi) is 6.26. The molecule has 1 aromatic carbocycles. The number of aromatic nitrogens is 1. The van der Waals surface area contributed by atoms with Gasteiger partial charge < -0.3 is 4.90 Å². The molecule has 2 heteroatoms. The number of rotatable bonds is 8. The molecule has 0 N–H and O–H groups in total. The Balaban J connectivity index is 1.69. The van der Waals surface area contributed by atoms with E-state index in [0.717, 1.165) is 12.4 Å². The maximum Gasteiger partial charge on any atom is 0.128 e. The quantitative estimate of drug-likeness (QED) is 0.663. The fourth-order valence-corrected chi connectivity index (χ4v) is 2.53. The average molecular weight is 282 g/mol. The molecular formula is C19H26N2. The van der Waals surface area contributed by atoms with Gasteiger partial charge in [-0.15, -0.1) is 0 Å². The number of nitrogens with zero attached hydrogens (tertiary/aromatic N) is 2. The summed E-state index contributed by atoms with van der Waals surface area (Å²) < 4.78 is 0. The Morgan fingerprint density at radius 1 is 0.905 bits per heavy atom. The summed E-state index contributed by atoms with van der Waals surface area (Å²) in [7, 11) is 2.11. The third-order valence-electron chi connectivity index (χ3n) is 3.81. The molecule has 21 heavy (non-hydrogen) atoms. The summed E-state index contributed by atoms with van der Waals surface area (Å²) in [6, 6.07) is 15.2. The Morgan fingerprint density at radius 2 is 1.62 bits per heavy atom. The molecule has 112 valence electrons. The van der Waals surface area contributed by atoms with Crippen LogP contribution in [-0.2, 0) is 12.8 Å². The minimum absolute atomic E-state index is 1.06. The van der Waals surface area contributed by atoms with Crippen LogP contribution in [0.1, 0.15) is 37.3 Å². The fourth-order valence-electron chi connectivity index (χ4n) is 2.53. The number of hydrogen-bond donors (Lipinski definition) is 0. The first-order valence-corrected chi connectivity index (χ1v) is 7.99. The minimum Gasteiger partial charge on any atom is -0.360 e. The first kappa shape index (κ1) is 15.6. The second-order valence-electron chi connectivity index (χ2n) is 5.63. The molecule has 0 saturated heterocycles. The van der Waals surface area contributed by atoms with E-state index in [9.17, 15) is 0 Å². The normalized spacial score (nSPS) is 10.6. The summed E-state index contributed by atoms with van der Waals surface area (Å²) in [6.07, 6.45) is 7.86. The van der Waals surface area contributed by atoms with Crippen molar-refractivity contribution in [2.24, 2.45) is 0 Å². The van der Waals surface area contributed by atoms with E-state index in [2.05, 4.69) is 54.2 Å². The standard InChI is InChI=1S/C19H26N2/c1-3-8-17-11-13-18(14-12-17)9-5-7-16-21(2)19-10-4-6-15-20-19/h4,6,10-15H,3,5,7-9,16H2,1-2H3. The molecule has 0 spiro atoms. The summed E-state index contributed by atoms with van der Waals surface area (Å²) >= 11 is 0. The molecule has 0 radical (unpaired) electrons. The van der Waals surface area contributed by atoms with Gasteiger partial charge >= 0.3 is 0 Å². The number of pyridine rings is 1. The largest absolute Gasteiger partial charge is 0.360 e. The summed E-state index contributed by atoms with van der Waals surface area (Å²) in [6.45, 7) is 3.29. The predicted octanol–water partition coefficient (Wildman–Crippen LogP) is 4.49. The lowest BCUT2D eigenvalue weighted by atomic mass is 10.0. The number of anilines is 1. The summed E-state index contributed by atoms with van der Waals surface area (Å²) in [5.74, 6) is 1.06. The smallest absolute Gasteiger partial charge is 0.128 e. The van der Waals surface area contributed by atoms with E-state index < -0.39 is 0 Å². The van der Waals surface area contributed by atoms with Crippen molar-refractivity contribution in [3.8, 4) is 0 Å². The predicted molar refractivity (Wildman–Crippen MR) is 90.9 cm³/mol. The van der Waals surface area contributed by atoms with Crippen molar-refractivity contribution in [1.29, 1.82) is 0 Å². The van der Waals surface area contributed by atoms with Crippen molar-refractivity contribution < 1.29 is 0 Å². The second-order valence-corrected chi connectivity index (χ2v) is 5.63. The monoisotopic (exact) mass is 282 g/mol. The Morgan fingerprint density at radius 3 is 2.24 bits per heavy atom. The van der Waals surface area contributed by atoms with Gasteiger partial charge in [-0.2, -0.15) is 0 Å². The lowest BCUT2D eigenvalue weighted by molar-refractivity contribution is 0.714. The Bertz CT molecular complexity index is 505. The maximum atomic E-state index is 4.37. The molecule has 2 rings (SSSR count). The van der Waals surface area contributed by atoms with Crippen molar-refractivity contribution in [3.05, 3.63) is 59.8 Å². The van der Waals surface area contributed by atoms with Gasteiger partial charge in [0.05, 0.1) is 0 Å². The highest BCUT2D eigenvalue weighted by molar-refractivity contribution is 5.36. The zero-order valence-electron chi connectivity index (χ0n) is 13.3. The van der Waals surface area contributed by atoms with Crippen molar-refractivity contribution >= 4 is 5.82 Å². The van der Waals surface area contributed by atoms with Crippen LogP contribution < -0.4 is 4.90 Å². The van der Waals surface area contributed by atoms with E-state index in [1.807, 2.05) is 18.3 Å². The average Bonchev–Trinajstić information content (AvgIpc) is 2.54. The second kappa shape index (κ2) is 8.46. The molecule has 0 unspecified atom stereocenters. The van der Waals surface area contributed by atoms with Gasteiger partial charge in [0.25, 0.3) is 0 Å². The van der Waals surface area contributed by atoms with Crippen molar-refractivity contribution in [2.75, 3.05) is 18.5 Å². The highest BCUT2D eigenvalue weighted by Crippen LogP contribution is 2.11. The van der Waals surface area contributed by atoms with Crippen LogP contribution in [0.25, 0.3) is 0 Å². The zero-order chi connectivity index (χ0) is 14.9. The van der Waals surface area contributed by atoms with Gasteiger partial charge in [-0.1, -0.05) is 43.7 Å². The van der Waals surface area contributed by atoms with Crippen LogP contribution in [-0.4, -0.2) is 18.6 Å². The van der Waals surface area contributed by atoms with E-state index in [4.69, 9.17) is 0 Å². The first-order chi connectivity index (χ1) is 10.3. The lowest BCUT2D eigenvalue weighted by Gasteiger charge is -2.17. The molecule has 0 atom stereocenters. The highest BCUT2D eigenvalue weighted by atomic mass is 15.2. The highest BCUT2D eigenvalue weighted by Gasteiger charge is 2.01. The fraction of sp³-hybridized carbons (Fsp3) is 0.421. The molecule has 0 fully saturated rings. The van der Waals surface area contributed by atoms with Crippen molar-refractivity contribution in [1.82, 2.24) is 4.98 Å². The third kappa shape index (κ3) is 5.22. The molecule has 0 aliphatic carbocycles. The van der Waals surface area contributed by atoms with Gasteiger partial charge in [-0.3, -0.25) is 0 Å². The molecule has 1 aromatic heterocycles. The molecule has 0 aliphatic heterocycles. The van der Waals surface area contributed by atoms with E-state index in [-0.39, 0.29) is 0 Å². The van der Waals surface area contributed by atoms with Crippen LogP contribution in [0.4, 0.5) is 5.82 Å². The van der Waals surface area contributed by atoms with Gasteiger partial charge in [0.1, 0.15) is 5.82 Å². The SMILES string of the molecule is CCCc1ccc(CCCCN(C)c2ccccn2)cc1. The topological polar surface area (TPSA) is 16.1 Å². The van der Waals surface area contributed by atoms with Gasteiger partial charge in [0.15, 0.2) is 0 Å². The maximum absolute atomic E-state index is 4.37. The number of benzene rings is 1. The van der Waals surface area contributed by atoms with E-state index >= 15 is 0 Å². The van der Waals surface area contributed by atoms with Crippen molar-refractivity contribution in [3.63, 3.8) is 0 Å². The number of hydrogen-bond acceptors (Lipinski definition) is 2. The van der Waals surface area contributed by atoms with Crippen LogP contribution in [0.2, 0.25) is 0 Å². The third-order valence-corrected chi connectivity index (χ3v) is 3.81. The van der Waals surface area contributed by atoms with E-state index in [1.54, 1.807) is 0 Å². The van der Waals surface area contributed by atoms with Crippen molar-refractivity contribution in [2.45, 2.75) is 39.0 Å². The summed E-state index contributed by atoms with van der Waals surface area (Å²) in [5, 5.41) is 0. The van der Waals surface area contributed by atoms with Gasteiger partial charge in [0.2, 0.25) is 0 Å². The number of unbranched alkanes of at least 4 members (excludes halogenated alkanes) is 1. The molecule has 0 saturated carbocycles. The van der Waals surface area contributed by atoms with Crippen LogP contribution in [0.3, 0.4) is 0 Å². The van der Waals surface area contributed by atoms with Crippen LogP contribution in [0, 0.1) is 0 Å². The molecule has 2 nitrogen and oxygen atoms in total. The van der Waals surface area contributed by atoms with Crippen LogP contribution in [0.15, 0.2) is 48.7 Å². The van der Waals surface area contributed by atoms with Crippen LogP contribution >= 0.6 is 0 Å². The zero-order valence-corrected chi connectivity index (χ0v) is 13.3. The molecule has 0 bridgehead atoms. The summed E-state index contributed by atoms with van der Waals surface area (Å²) in [5.41, 5.74) is 2.91. The Hall–Kier alpha value is -1.83. The lowest BCUT2D eigenvalue weighted by Crippen LogP contribution is -2.19. The van der Waals surface area contributed by atoms with Gasteiger partial charge in [-0.25, -0.2) is 4.98 Å². The van der Waals surface area contributed by atoms with E-state index in [1.165, 1.54) is 43.2 Å². The first-order valence-electron chi connectivity index (χ1n) is 7.99. The molecule has 2 aromatic rings. The summed E-state index contributed by atoms with van der Waals surface area (Å²) in [4.78, 5) is 6.60.